The van der Waals surface area contributed by atoms with Crippen LogP contribution in [0.5, 0.6) is 11.5 Å². The lowest BCUT2D eigenvalue weighted by atomic mass is 9.98. The highest BCUT2D eigenvalue weighted by Gasteiger charge is 2.12. The average molecular weight is 368 g/mol. The molecule has 0 fully saturated rings. The molecule has 4 nitrogen and oxygen atoms in total. The number of aryl methyl sites for hydroxylation is 6. The Labute approximate surface area is 160 Å². The van der Waals surface area contributed by atoms with Crippen LogP contribution < -0.4 is 0 Å². The van der Waals surface area contributed by atoms with Crippen molar-refractivity contribution in [1.29, 1.82) is 0 Å². The van der Waals surface area contributed by atoms with Crippen molar-refractivity contribution < 1.29 is 19.8 Å². The maximum absolute atomic E-state index is 12.1. The monoisotopic (exact) mass is 368 g/mol. The summed E-state index contributed by atoms with van der Waals surface area (Å²) < 4.78 is 0. The van der Waals surface area contributed by atoms with Gasteiger partial charge in [0.05, 0.1) is 6.42 Å². The summed E-state index contributed by atoms with van der Waals surface area (Å²) >= 11 is 0. The Hall–Kier alpha value is -2.62. The molecule has 0 unspecified atom stereocenters. The van der Waals surface area contributed by atoms with Crippen molar-refractivity contribution in [3.8, 4) is 11.5 Å². The van der Waals surface area contributed by atoms with E-state index in [0.717, 1.165) is 33.4 Å². The van der Waals surface area contributed by atoms with Gasteiger partial charge in [0, 0.05) is 12.8 Å². The van der Waals surface area contributed by atoms with Crippen LogP contribution in [0, 0.1) is 27.7 Å². The van der Waals surface area contributed by atoms with Gasteiger partial charge in [0.2, 0.25) is 0 Å². The molecule has 27 heavy (non-hydrogen) atoms. The highest BCUT2D eigenvalue weighted by molar-refractivity contribution is 5.99. The Morgan fingerprint density at radius 3 is 1.26 bits per heavy atom. The molecule has 0 heterocycles. The largest absolute Gasteiger partial charge is 0.507 e. The van der Waals surface area contributed by atoms with Gasteiger partial charge >= 0.3 is 0 Å². The standard InChI is InChI=1S/C23H28O4/c1-14-9-18(10-15(2)22(14)26)5-7-20(24)13-21(25)8-6-19-11-16(3)23(27)17(4)12-19/h9-12,26-27H,5-8,13H2,1-4H3. The maximum atomic E-state index is 12.1. The number of benzene rings is 2. The average Bonchev–Trinajstić information content (AvgIpc) is 2.60. The lowest BCUT2D eigenvalue weighted by molar-refractivity contribution is -0.126. The Morgan fingerprint density at radius 2 is 0.963 bits per heavy atom. The van der Waals surface area contributed by atoms with Crippen molar-refractivity contribution in [2.24, 2.45) is 0 Å². The van der Waals surface area contributed by atoms with Crippen molar-refractivity contribution in [1.82, 2.24) is 0 Å². The number of hydrogen-bond donors (Lipinski definition) is 2. The van der Waals surface area contributed by atoms with Gasteiger partial charge in [-0.1, -0.05) is 24.3 Å². The van der Waals surface area contributed by atoms with E-state index >= 15 is 0 Å². The summed E-state index contributed by atoms with van der Waals surface area (Å²) in [5, 5.41) is 19.6. The van der Waals surface area contributed by atoms with Crippen LogP contribution in [0.1, 0.15) is 52.6 Å². The molecule has 0 radical (unpaired) electrons. The highest BCUT2D eigenvalue weighted by atomic mass is 16.3. The van der Waals surface area contributed by atoms with E-state index in [2.05, 4.69) is 0 Å². The number of phenolic OH excluding ortho intramolecular Hbond substituents is 2. The molecule has 0 aliphatic carbocycles. The summed E-state index contributed by atoms with van der Waals surface area (Å²) in [5.74, 6) is 0.475. The van der Waals surface area contributed by atoms with E-state index in [1.165, 1.54) is 0 Å². The van der Waals surface area contributed by atoms with E-state index in [1.807, 2.05) is 52.0 Å². The van der Waals surface area contributed by atoms with E-state index < -0.39 is 0 Å². The first-order valence-electron chi connectivity index (χ1n) is 9.29. The summed E-state index contributed by atoms with van der Waals surface area (Å²) in [5.41, 5.74) is 5.19. The van der Waals surface area contributed by atoms with Gasteiger partial charge in [0.25, 0.3) is 0 Å². The predicted molar refractivity (Wildman–Crippen MR) is 106 cm³/mol. The summed E-state index contributed by atoms with van der Waals surface area (Å²) in [6, 6.07) is 7.53. The third-order valence-corrected chi connectivity index (χ3v) is 4.88. The molecular weight excluding hydrogens is 340 g/mol. The number of Topliss-reactive ketones (excluding diaryl/α,β-unsaturated/α-hetero) is 2. The Kier molecular flexibility index (Phi) is 6.78. The fourth-order valence-electron chi connectivity index (χ4n) is 3.34. The fourth-order valence-corrected chi connectivity index (χ4v) is 3.34. The van der Waals surface area contributed by atoms with Crippen LogP contribution in [0.3, 0.4) is 0 Å². The molecule has 0 spiro atoms. The minimum Gasteiger partial charge on any atom is -0.507 e. The molecule has 144 valence electrons. The molecule has 0 amide bonds. The van der Waals surface area contributed by atoms with E-state index in [4.69, 9.17) is 0 Å². The third-order valence-electron chi connectivity index (χ3n) is 4.88. The van der Waals surface area contributed by atoms with Gasteiger partial charge in [-0.2, -0.15) is 0 Å². The van der Waals surface area contributed by atoms with E-state index in [9.17, 15) is 19.8 Å². The third kappa shape index (κ3) is 5.68. The quantitative estimate of drug-likeness (QED) is 0.676. The minimum atomic E-state index is -0.0542. The number of phenols is 2. The zero-order chi connectivity index (χ0) is 20.1. The molecule has 0 aliphatic rings. The summed E-state index contributed by atoms with van der Waals surface area (Å²) in [7, 11) is 0. The summed E-state index contributed by atoms with van der Waals surface area (Å²) in [4.78, 5) is 24.2. The first-order valence-corrected chi connectivity index (χ1v) is 9.29. The van der Waals surface area contributed by atoms with Crippen LogP contribution in [-0.2, 0) is 22.4 Å². The number of carbonyl (C=O) groups is 2. The van der Waals surface area contributed by atoms with Crippen LogP contribution in [0.15, 0.2) is 24.3 Å². The Balaban J connectivity index is 1.83. The maximum Gasteiger partial charge on any atom is 0.140 e. The van der Waals surface area contributed by atoms with E-state index in [-0.39, 0.29) is 18.0 Å². The van der Waals surface area contributed by atoms with Gasteiger partial charge in [-0.05, 0) is 73.9 Å². The predicted octanol–water partition coefficient (Wildman–Crippen LogP) is 4.43. The van der Waals surface area contributed by atoms with Gasteiger partial charge < -0.3 is 10.2 Å². The van der Waals surface area contributed by atoms with Crippen LogP contribution in [-0.4, -0.2) is 21.8 Å². The van der Waals surface area contributed by atoms with Crippen LogP contribution in [0.4, 0.5) is 0 Å². The zero-order valence-electron chi connectivity index (χ0n) is 16.6. The molecule has 0 atom stereocenters. The first-order chi connectivity index (χ1) is 12.7. The van der Waals surface area contributed by atoms with E-state index in [1.54, 1.807) is 0 Å². The molecule has 0 aliphatic heterocycles. The lowest BCUT2D eigenvalue weighted by Crippen LogP contribution is -2.09. The highest BCUT2D eigenvalue weighted by Crippen LogP contribution is 2.24. The molecule has 0 saturated heterocycles. The van der Waals surface area contributed by atoms with Crippen LogP contribution >= 0.6 is 0 Å². The molecule has 0 bridgehead atoms. The van der Waals surface area contributed by atoms with Gasteiger partial charge in [-0.3, -0.25) is 9.59 Å². The number of aromatic hydroxyl groups is 2. The lowest BCUT2D eigenvalue weighted by Gasteiger charge is -2.08. The van der Waals surface area contributed by atoms with Gasteiger partial charge in [0.15, 0.2) is 0 Å². The molecule has 4 heteroatoms. The van der Waals surface area contributed by atoms with Crippen molar-refractivity contribution in [2.45, 2.75) is 59.8 Å². The van der Waals surface area contributed by atoms with Crippen molar-refractivity contribution in [3.63, 3.8) is 0 Å². The SMILES string of the molecule is Cc1cc(CCC(=O)CC(=O)CCc2cc(C)c(O)c(C)c2)cc(C)c1O. The Morgan fingerprint density at radius 1 is 0.667 bits per heavy atom. The van der Waals surface area contributed by atoms with Crippen molar-refractivity contribution in [2.75, 3.05) is 0 Å². The van der Waals surface area contributed by atoms with Crippen LogP contribution in [0.2, 0.25) is 0 Å². The molecule has 2 rings (SSSR count). The summed E-state index contributed by atoms with van der Waals surface area (Å²) in [6.45, 7) is 7.35. The second-order valence-corrected chi connectivity index (χ2v) is 7.41. The zero-order valence-corrected chi connectivity index (χ0v) is 16.6. The second-order valence-electron chi connectivity index (χ2n) is 7.41. The van der Waals surface area contributed by atoms with Gasteiger partial charge in [0.1, 0.15) is 23.1 Å². The molecule has 2 aromatic carbocycles. The van der Waals surface area contributed by atoms with Crippen molar-refractivity contribution in [3.05, 3.63) is 57.6 Å². The van der Waals surface area contributed by atoms with Crippen molar-refractivity contribution >= 4 is 11.6 Å². The van der Waals surface area contributed by atoms with Gasteiger partial charge in [-0.15, -0.1) is 0 Å². The normalized spacial score (nSPS) is 10.8. The number of hydrogen-bond acceptors (Lipinski definition) is 4. The molecule has 0 saturated carbocycles. The van der Waals surface area contributed by atoms with Gasteiger partial charge in [-0.25, -0.2) is 0 Å². The first kappa shape index (κ1) is 20.7. The molecule has 2 N–H and O–H groups in total. The smallest absolute Gasteiger partial charge is 0.140 e. The van der Waals surface area contributed by atoms with Crippen LogP contribution in [0.25, 0.3) is 0 Å². The number of ketones is 2. The topological polar surface area (TPSA) is 74.6 Å². The molecule has 0 aromatic heterocycles. The summed E-state index contributed by atoms with van der Waals surface area (Å²) in [6.07, 6.45) is 1.76. The molecule has 2 aromatic rings. The number of rotatable bonds is 8. The minimum absolute atomic E-state index is 0.0356. The second kappa shape index (κ2) is 8.85. The molecular formula is C23H28O4. The number of carbonyl (C=O) groups excluding carboxylic acids is 2. The fraction of sp³-hybridized carbons (Fsp3) is 0.391. The van der Waals surface area contributed by atoms with E-state index in [0.29, 0.717) is 37.2 Å². The Bertz CT molecular complexity index is 747.